The Labute approximate surface area is 120 Å². The highest BCUT2D eigenvalue weighted by molar-refractivity contribution is 8.13. The van der Waals surface area contributed by atoms with Crippen LogP contribution in [-0.4, -0.2) is 14.2 Å². The Balaban J connectivity index is 2.34. The van der Waals surface area contributed by atoms with Gasteiger partial charge in [-0.25, -0.2) is 8.42 Å². The van der Waals surface area contributed by atoms with Crippen LogP contribution < -0.4 is 0 Å². The highest BCUT2D eigenvalue weighted by atomic mass is 35.7. The van der Waals surface area contributed by atoms with Crippen molar-refractivity contribution >= 4 is 19.7 Å². The molecule has 106 valence electrons. The van der Waals surface area contributed by atoms with Crippen molar-refractivity contribution in [1.82, 2.24) is 0 Å². The van der Waals surface area contributed by atoms with Gasteiger partial charge in [-0.3, -0.25) is 0 Å². The quantitative estimate of drug-likeness (QED) is 0.781. The third kappa shape index (κ3) is 3.51. The van der Waals surface area contributed by atoms with Gasteiger partial charge >= 0.3 is 0 Å². The molecule has 2 nitrogen and oxygen atoms in total. The maximum Gasteiger partial charge on any atom is 0.233 e. The van der Waals surface area contributed by atoms with E-state index in [0.717, 1.165) is 31.2 Å². The predicted molar refractivity (Wildman–Crippen MR) is 80.3 cm³/mol. The van der Waals surface area contributed by atoms with E-state index >= 15 is 0 Å². The van der Waals surface area contributed by atoms with E-state index in [1.807, 2.05) is 0 Å². The van der Waals surface area contributed by atoms with E-state index < -0.39 is 9.05 Å². The molecule has 1 saturated carbocycles. The molecule has 0 unspecified atom stereocenters. The van der Waals surface area contributed by atoms with Crippen LogP contribution in [0.5, 0.6) is 0 Å². The van der Waals surface area contributed by atoms with Crippen LogP contribution in [0.15, 0.2) is 24.3 Å². The summed E-state index contributed by atoms with van der Waals surface area (Å²) in [6.45, 7) is 4.31. The average molecular weight is 301 g/mol. The maximum absolute atomic E-state index is 11.5. The highest BCUT2D eigenvalue weighted by Crippen LogP contribution is 2.43. The molecule has 0 spiro atoms. The van der Waals surface area contributed by atoms with E-state index in [1.165, 1.54) is 5.56 Å². The molecule has 0 bridgehead atoms. The molecule has 2 rings (SSSR count). The van der Waals surface area contributed by atoms with Crippen LogP contribution in [0.2, 0.25) is 0 Å². The zero-order chi connectivity index (χ0) is 14.1. The first-order valence-electron chi connectivity index (χ1n) is 6.85. The van der Waals surface area contributed by atoms with Crippen molar-refractivity contribution in [2.75, 3.05) is 5.75 Å². The molecule has 0 aliphatic heterocycles. The minimum Gasteiger partial charge on any atom is -0.212 e. The Morgan fingerprint density at radius 3 is 2.11 bits per heavy atom. The topological polar surface area (TPSA) is 34.1 Å². The van der Waals surface area contributed by atoms with Crippen molar-refractivity contribution in [2.45, 2.75) is 50.9 Å². The first kappa shape index (κ1) is 14.9. The van der Waals surface area contributed by atoms with Crippen LogP contribution in [0.4, 0.5) is 0 Å². The summed E-state index contributed by atoms with van der Waals surface area (Å²) in [5, 5.41) is 0. The molecule has 1 aliphatic rings. The van der Waals surface area contributed by atoms with Gasteiger partial charge in [0.2, 0.25) is 9.05 Å². The molecule has 0 N–H and O–H groups in total. The Morgan fingerprint density at radius 1 is 1.16 bits per heavy atom. The Morgan fingerprint density at radius 2 is 1.68 bits per heavy atom. The number of rotatable bonds is 4. The summed E-state index contributed by atoms with van der Waals surface area (Å²) in [6, 6.07) is 8.40. The molecule has 0 saturated heterocycles. The fourth-order valence-electron chi connectivity index (χ4n) is 3.12. The third-order valence-electron chi connectivity index (χ3n) is 4.20. The van der Waals surface area contributed by atoms with Crippen LogP contribution in [0.1, 0.15) is 56.6 Å². The van der Waals surface area contributed by atoms with Crippen LogP contribution in [0, 0.1) is 0 Å². The van der Waals surface area contributed by atoms with Gasteiger partial charge < -0.3 is 0 Å². The lowest BCUT2D eigenvalue weighted by atomic mass is 9.80. The van der Waals surface area contributed by atoms with Gasteiger partial charge in [0, 0.05) is 16.1 Å². The van der Waals surface area contributed by atoms with Crippen molar-refractivity contribution in [3.8, 4) is 0 Å². The fraction of sp³-hybridized carbons (Fsp3) is 0.600. The van der Waals surface area contributed by atoms with Crippen molar-refractivity contribution in [1.29, 1.82) is 0 Å². The summed E-state index contributed by atoms with van der Waals surface area (Å²) >= 11 is 0. The van der Waals surface area contributed by atoms with E-state index in [-0.39, 0.29) is 11.2 Å². The van der Waals surface area contributed by atoms with Gasteiger partial charge in [-0.15, -0.1) is 0 Å². The normalized spacial score (nSPS) is 18.9. The lowest BCUT2D eigenvalue weighted by Crippen LogP contribution is -2.30. The summed E-state index contributed by atoms with van der Waals surface area (Å²) in [4.78, 5) is 0. The van der Waals surface area contributed by atoms with Gasteiger partial charge in [0.1, 0.15) is 0 Å². The van der Waals surface area contributed by atoms with Crippen LogP contribution in [0.25, 0.3) is 0 Å². The number of halogens is 1. The molecule has 1 fully saturated rings. The molecule has 0 radical (unpaired) electrons. The molecule has 4 heteroatoms. The number of hydrogen-bond acceptors (Lipinski definition) is 2. The summed E-state index contributed by atoms with van der Waals surface area (Å²) in [5.41, 5.74) is 2.14. The summed E-state index contributed by atoms with van der Waals surface area (Å²) < 4.78 is 23.0. The molecule has 0 heterocycles. The van der Waals surface area contributed by atoms with Gasteiger partial charge in [0.25, 0.3) is 0 Å². The van der Waals surface area contributed by atoms with Crippen molar-refractivity contribution in [3.05, 3.63) is 35.4 Å². The zero-order valence-corrected chi connectivity index (χ0v) is 13.1. The minimum atomic E-state index is -3.47. The van der Waals surface area contributed by atoms with Crippen LogP contribution in [0.3, 0.4) is 0 Å². The Kier molecular flexibility index (Phi) is 4.26. The Bertz CT molecular complexity index is 526. The second kappa shape index (κ2) is 5.45. The monoisotopic (exact) mass is 300 g/mol. The zero-order valence-electron chi connectivity index (χ0n) is 11.5. The largest absolute Gasteiger partial charge is 0.233 e. The first-order valence-corrected chi connectivity index (χ1v) is 9.33. The Hall–Kier alpha value is -0.540. The van der Waals surface area contributed by atoms with E-state index in [9.17, 15) is 8.42 Å². The second-order valence-corrected chi connectivity index (χ2v) is 8.72. The summed E-state index contributed by atoms with van der Waals surface area (Å²) in [5.74, 6) is 0.549. The van der Waals surface area contributed by atoms with Crippen molar-refractivity contribution < 1.29 is 8.42 Å². The lowest BCUT2D eigenvalue weighted by Gasteiger charge is -2.28. The molecular formula is C15H21ClO2S. The van der Waals surface area contributed by atoms with Gasteiger partial charge in [-0.2, -0.15) is 0 Å². The van der Waals surface area contributed by atoms with E-state index in [1.54, 1.807) is 0 Å². The molecule has 1 aromatic carbocycles. The average Bonchev–Trinajstić information content (AvgIpc) is 2.76. The lowest BCUT2D eigenvalue weighted by molar-refractivity contribution is 0.485. The second-order valence-electron chi connectivity index (χ2n) is 5.95. The maximum atomic E-state index is 11.5. The van der Waals surface area contributed by atoms with Crippen molar-refractivity contribution in [3.63, 3.8) is 0 Å². The number of hydrogen-bond donors (Lipinski definition) is 0. The fourth-order valence-corrected chi connectivity index (χ4v) is 4.86. The van der Waals surface area contributed by atoms with E-state index in [4.69, 9.17) is 10.7 Å². The van der Waals surface area contributed by atoms with Crippen molar-refractivity contribution in [2.24, 2.45) is 0 Å². The van der Waals surface area contributed by atoms with Gasteiger partial charge in [-0.1, -0.05) is 51.0 Å². The molecule has 0 atom stereocenters. The minimum absolute atomic E-state index is 0.0581. The smallest absolute Gasteiger partial charge is 0.212 e. The SMILES string of the molecule is CC(C)c1ccc(C2(CS(=O)(=O)Cl)CCCC2)cc1. The summed E-state index contributed by atoms with van der Waals surface area (Å²) in [7, 11) is 2.04. The van der Waals surface area contributed by atoms with Gasteiger partial charge in [0.15, 0.2) is 0 Å². The van der Waals surface area contributed by atoms with E-state index in [2.05, 4.69) is 38.1 Å². The summed E-state index contributed by atoms with van der Waals surface area (Å²) in [6.07, 6.45) is 4.00. The van der Waals surface area contributed by atoms with E-state index in [0.29, 0.717) is 5.92 Å². The van der Waals surface area contributed by atoms with Gasteiger partial charge in [-0.05, 0) is 29.9 Å². The first-order chi connectivity index (χ1) is 8.82. The predicted octanol–water partition coefficient (Wildman–Crippen LogP) is 4.19. The molecule has 1 aliphatic carbocycles. The molecular weight excluding hydrogens is 280 g/mol. The van der Waals surface area contributed by atoms with Crippen LogP contribution >= 0.6 is 10.7 Å². The third-order valence-corrected chi connectivity index (χ3v) is 5.42. The van der Waals surface area contributed by atoms with Gasteiger partial charge in [0.05, 0.1) is 5.75 Å². The molecule has 1 aromatic rings. The number of benzene rings is 1. The highest BCUT2D eigenvalue weighted by Gasteiger charge is 2.39. The molecule has 19 heavy (non-hydrogen) atoms. The standard InChI is InChI=1S/C15H21ClO2S/c1-12(2)13-5-7-14(8-6-13)15(9-3-4-10-15)11-19(16,17)18/h5-8,12H,3-4,9-11H2,1-2H3. The van der Waals surface area contributed by atoms with Crippen LogP contribution in [-0.2, 0) is 14.5 Å². The molecule has 0 amide bonds. The molecule has 0 aromatic heterocycles.